The second-order valence-electron chi connectivity index (χ2n) is 5.45. The molecule has 4 nitrogen and oxygen atoms in total. The highest BCUT2D eigenvalue weighted by molar-refractivity contribution is 5.83. The van der Waals surface area contributed by atoms with Crippen LogP contribution in [0.5, 0.6) is 0 Å². The quantitative estimate of drug-likeness (QED) is 0.763. The van der Waals surface area contributed by atoms with Gasteiger partial charge in [-0.15, -0.1) is 0 Å². The average Bonchev–Trinajstić information content (AvgIpc) is 2.50. The number of nitrogens with one attached hydrogen (secondary N) is 2. The third-order valence-electron chi connectivity index (χ3n) is 4.35. The molecule has 1 atom stereocenters. The standard InChI is InChI=1S/C13H22N2O2/c1-14-11(16)8-10-13(9-12(17)15-10)6-4-2-3-5-7-13/h10H,2-9H2,1H3,(H,14,16)(H,15,17). The van der Waals surface area contributed by atoms with Crippen LogP contribution in [0, 0.1) is 5.41 Å². The van der Waals surface area contributed by atoms with E-state index in [4.69, 9.17) is 0 Å². The van der Waals surface area contributed by atoms with E-state index in [2.05, 4.69) is 10.6 Å². The summed E-state index contributed by atoms with van der Waals surface area (Å²) in [4.78, 5) is 23.2. The molecule has 1 saturated carbocycles. The lowest BCUT2D eigenvalue weighted by Gasteiger charge is -2.32. The molecule has 0 radical (unpaired) electrons. The Labute approximate surface area is 103 Å². The molecule has 0 aromatic carbocycles. The first-order valence-corrected chi connectivity index (χ1v) is 6.66. The normalized spacial score (nSPS) is 27.6. The highest BCUT2D eigenvalue weighted by Crippen LogP contribution is 2.45. The summed E-state index contributed by atoms with van der Waals surface area (Å²) in [5.74, 6) is 0.154. The Morgan fingerprint density at radius 1 is 1.35 bits per heavy atom. The molecule has 1 aliphatic heterocycles. The Hall–Kier alpha value is -1.06. The lowest BCUT2D eigenvalue weighted by atomic mass is 9.73. The van der Waals surface area contributed by atoms with Gasteiger partial charge in [0.1, 0.15) is 0 Å². The summed E-state index contributed by atoms with van der Waals surface area (Å²) in [6.07, 6.45) is 8.15. The van der Waals surface area contributed by atoms with Crippen molar-refractivity contribution in [3.05, 3.63) is 0 Å². The van der Waals surface area contributed by atoms with Gasteiger partial charge in [-0.25, -0.2) is 0 Å². The summed E-state index contributed by atoms with van der Waals surface area (Å²) in [7, 11) is 1.65. The van der Waals surface area contributed by atoms with Crippen LogP contribution >= 0.6 is 0 Å². The van der Waals surface area contributed by atoms with Crippen LogP contribution in [0.1, 0.15) is 51.4 Å². The van der Waals surface area contributed by atoms with Crippen LogP contribution in [-0.4, -0.2) is 24.9 Å². The van der Waals surface area contributed by atoms with Crippen molar-refractivity contribution in [2.24, 2.45) is 5.41 Å². The molecule has 0 aromatic heterocycles. The lowest BCUT2D eigenvalue weighted by molar-refractivity contribution is -0.121. The Morgan fingerprint density at radius 2 is 2.00 bits per heavy atom. The molecule has 2 aliphatic rings. The average molecular weight is 238 g/mol. The van der Waals surface area contributed by atoms with Gasteiger partial charge in [0.15, 0.2) is 0 Å². The summed E-state index contributed by atoms with van der Waals surface area (Å²) in [5, 5.41) is 5.66. The monoisotopic (exact) mass is 238 g/mol. The molecule has 2 rings (SSSR count). The highest BCUT2D eigenvalue weighted by Gasteiger charge is 2.46. The molecular weight excluding hydrogens is 216 g/mol. The van der Waals surface area contributed by atoms with Gasteiger partial charge in [0, 0.05) is 25.9 Å². The van der Waals surface area contributed by atoms with Crippen molar-refractivity contribution >= 4 is 11.8 Å². The predicted octanol–water partition coefficient (Wildman–Crippen LogP) is 1.35. The summed E-state index contributed by atoms with van der Waals surface area (Å²) in [5.41, 5.74) is 0.0556. The first-order chi connectivity index (χ1) is 8.16. The van der Waals surface area contributed by atoms with Crippen molar-refractivity contribution in [3.8, 4) is 0 Å². The van der Waals surface area contributed by atoms with E-state index in [0.29, 0.717) is 12.8 Å². The van der Waals surface area contributed by atoms with Gasteiger partial charge >= 0.3 is 0 Å². The van der Waals surface area contributed by atoms with Crippen LogP contribution < -0.4 is 10.6 Å². The van der Waals surface area contributed by atoms with Crippen molar-refractivity contribution in [2.75, 3.05) is 7.05 Å². The van der Waals surface area contributed by atoms with Gasteiger partial charge in [-0.1, -0.05) is 25.7 Å². The third kappa shape index (κ3) is 2.61. The zero-order valence-electron chi connectivity index (χ0n) is 10.6. The van der Waals surface area contributed by atoms with E-state index in [1.807, 2.05) is 0 Å². The third-order valence-corrected chi connectivity index (χ3v) is 4.35. The van der Waals surface area contributed by atoms with Gasteiger partial charge in [-0.05, 0) is 18.3 Å². The fourth-order valence-corrected chi connectivity index (χ4v) is 3.35. The molecule has 1 aliphatic carbocycles. The van der Waals surface area contributed by atoms with Gasteiger partial charge in [-0.2, -0.15) is 0 Å². The Morgan fingerprint density at radius 3 is 2.59 bits per heavy atom. The zero-order valence-corrected chi connectivity index (χ0v) is 10.6. The number of amides is 2. The molecule has 1 unspecified atom stereocenters. The molecule has 1 heterocycles. The summed E-state index contributed by atoms with van der Waals surface area (Å²) in [6, 6.07) is 0.0491. The number of rotatable bonds is 2. The topological polar surface area (TPSA) is 58.2 Å². The van der Waals surface area contributed by atoms with Gasteiger partial charge in [0.2, 0.25) is 11.8 Å². The van der Waals surface area contributed by atoms with Crippen LogP contribution in [0.4, 0.5) is 0 Å². The maximum atomic E-state index is 11.7. The number of carbonyl (C=O) groups is 2. The smallest absolute Gasteiger partial charge is 0.221 e. The SMILES string of the molecule is CNC(=O)CC1NC(=O)CC12CCCCCC2. The van der Waals surface area contributed by atoms with E-state index >= 15 is 0 Å². The molecule has 17 heavy (non-hydrogen) atoms. The Bertz CT molecular complexity index is 307. The van der Waals surface area contributed by atoms with Crippen molar-refractivity contribution in [2.45, 2.75) is 57.4 Å². The fraction of sp³-hybridized carbons (Fsp3) is 0.846. The molecule has 0 bridgehead atoms. The van der Waals surface area contributed by atoms with Crippen LogP contribution in [-0.2, 0) is 9.59 Å². The van der Waals surface area contributed by atoms with Gasteiger partial charge in [0.25, 0.3) is 0 Å². The minimum Gasteiger partial charge on any atom is -0.359 e. The van der Waals surface area contributed by atoms with Crippen molar-refractivity contribution in [1.82, 2.24) is 10.6 Å². The van der Waals surface area contributed by atoms with Gasteiger partial charge < -0.3 is 10.6 Å². The van der Waals surface area contributed by atoms with E-state index in [-0.39, 0.29) is 23.3 Å². The van der Waals surface area contributed by atoms with E-state index in [1.165, 1.54) is 25.7 Å². The number of hydrogen-bond acceptors (Lipinski definition) is 2. The molecule has 2 N–H and O–H groups in total. The largest absolute Gasteiger partial charge is 0.359 e. The minimum absolute atomic E-state index is 0.0285. The van der Waals surface area contributed by atoms with Crippen molar-refractivity contribution in [3.63, 3.8) is 0 Å². The second kappa shape index (κ2) is 5.07. The molecule has 0 aromatic rings. The second-order valence-corrected chi connectivity index (χ2v) is 5.45. The van der Waals surface area contributed by atoms with Crippen molar-refractivity contribution < 1.29 is 9.59 Å². The molecule has 1 saturated heterocycles. The van der Waals surface area contributed by atoms with Crippen LogP contribution in [0.25, 0.3) is 0 Å². The lowest BCUT2D eigenvalue weighted by Crippen LogP contribution is -2.40. The molecular formula is C13H22N2O2. The van der Waals surface area contributed by atoms with E-state index in [9.17, 15) is 9.59 Å². The Balaban J connectivity index is 2.11. The fourth-order valence-electron chi connectivity index (χ4n) is 3.35. The summed E-state index contributed by atoms with van der Waals surface area (Å²) in [6.45, 7) is 0. The number of hydrogen-bond donors (Lipinski definition) is 2. The molecule has 2 amide bonds. The van der Waals surface area contributed by atoms with Crippen molar-refractivity contribution in [1.29, 1.82) is 0 Å². The molecule has 96 valence electrons. The van der Waals surface area contributed by atoms with Gasteiger partial charge in [-0.3, -0.25) is 9.59 Å². The molecule has 2 fully saturated rings. The molecule has 1 spiro atoms. The zero-order chi connectivity index (χ0) is 12.3. The summed E-state index contributed by atoms with van der Waals surface area (Å²) >= 11 is 0. The van der Waals surface area contributed by atoms with E-state index in [0.717, 1.165) is 12.8 Å². The summed E-state index contributed by atoms with van der Waals surface area (Å²) < 4.78 is 0. The maximum Gasteiger partial charge on any atom is 0.221 e. The maximum absolute atomic E-state index is 11.7. The van der Waals surface area contributed by atoms with E-state index in [1.54, 1.807) is 7.05 Å². The van der Waals surface area contributed by atoms with E-state index < -0.39 is 0 Å². The Kier molecular flexibility index (Phi) is 3.69. The molecule has 4 heteroatoms. The van der Waals surface area contributed by atoms with Gasteiger partial charge in [0.05, 0.1) is 0 Å². The van der Waals surface area contributed by atoms with Crippen LogP contribution in [0.3, 0.4) is 0 Å². The first-order valence-electron chi connectivity index (χ1n) is 6.66. The minimum atomic E-state index is 0.0285. The first kappa shape index (κ1) is 12.4. The number of carbonyl (C=O) groups excluding carboxylic acids is 2. The van der Waals surface area contributed by atoms with Crippen LogP contribution in [0.15, 0.2) is 0 Å². The highest BCUT2D eigenvalue weighted by atomic mass is 16.2. The predicted molar refractivity (Wildman–Crippen MR) is 65.4 cm³/mol. The van der Waals surface area contributed by atoms with Crippen LogP contribution in [0.2, 0.25) is 0 Å².